The number of alkyl halides is 3. The first-order valence-electron chi connectivity index (χ1n) is 12.1. The van der Waals surface area contributed by atoms with E-state index in [9.17, 15) is 22.8 Å². The van der Waals surface area contributed by atoms with Crippen molar-refractivity contribution in [3.05, 3.63) is 59.9 Å². The van der Waals surface area contributed by atoms with E-state index in [0.29, 0.717) is 25.3 Å². The maximum Gasteiger partial charge on any atom is 0.389 e. The summed E-state index contributed by atoms with van der Waals surface area (Å²) in [6.45, 7) is 3.21. The molecule has 0 saturated carbocycles. The summed E-state index contributed by atoms with van der Waals surface area (Å²) in [6.07, 6.45) is -0.0662. The van der Waals surface area contributed by atoms with Crippen molar-refractivity contribution in [2.75, 3.05) is 18.0 Å². The number of pyridine rings is 1. The van der Waals surface area contributed by atoms with Crippen molar-refractivity contribution in [2.45, 2.75) is 70.4 Å². The minimum absolute atomic E-state index is 0.0195. The van der Waals surface area contributed by atoms with Gasteiger partial charge < -0.3 is 9.80 Å². The molecule has 1 aromatic heterocycles. The predicted octanol–water partition coefficient (Wildman–Crippen LogP) is 4.54. The van der Waals surface area contributed by atoms with Crippen LogP contribution in [0.1, 0.15) is 50.2 Å². The van der Waals surface area contributed by atoms with Crippen molar-refractivity contribution in [1.82, 2.24) is 14.8 Å². The minimum atomic E-state index is -4.39. The minimum Gasteiger partial charge on any atom is -0.337 e. The largest absolute Gasteiger partial charge is 0.389 e. The quantitative estimate of drug-likeness (QED) is 0.634. The van der Waals surface area contributed by atoms with Crippen LogP contribution in [0, 0.1) is 0 Å². The van der Waals surface area contributed by atoms with Crippen molar-refractivity contribution < 1.29 is 22.8 Å². The normalized spacial score (nSPS) is 21.4. The lowest BCUT2D eigenvalue weighted by atomic mass is 10.1. The number of carbonyl (C=O) groups excluding carboxylic acids is 2. The number of para-hydroxylation sites is 1. The van der Waals surface area contributed by atoms with Gasteiger partial charge in [-0.2, -0.15) is 13.2 Å². The lowest BCUT2D eigenvalue weighted by molar-refractivity contribution is -0.149. The van der Waals surface area contributed by atoms with Crippen molar-refractivity contribution in [3.8, 4) is 0 Å². The van der Waals surface area contributed by atoms with E-state index in [0.717, 1.165) is 30.4 Å². The van der Waals surface area contributed by atoms with Gasteiger partial charge in [0.25, 0.3) is 0 Å². The summed E-state index contributed by atoms with van der Waals surface area (Å²) < 4.78 is 38.7. The number of aromatic nitrogens is 1. The maximum atomic E-state index is 13.1. The number of hydrogen-bond donors (Lipinski definition) is 0. The lowest BCUT2D eigenvalue weighted by Gasteiger charge is -2.34. The molecule has 2 atom stereocenters. The molecular weight excluding hydrogens is 457 g/mol. The molecule has 0 spiro atoms. The second-order valence-electron chi connectivity index (χ2n) is 9.40. The highest BCUT2D eigenvalue weighted by atomic mass is 19.4. The third kappa shape index (κ3) is 6.39. The molecule has 6 nitrogen and oxygen atoms in total. The molecule has 9 heteroatoms. The molecule has 35 heavy (non-hydrogen) atoms. The number of halogens is 3. The maximum absolute atomic E-state index is 13.1. The van der Waals surface area contributed by atoms with Crippen LogP contribution in [0.2, 0.25) is 0 Å². The zero-order valence-corrected chi connectivity index (χ0v) is 19.9. The Morgan fingerprint density at radius 3 is 2.54 bits per heavy atom. The Hall–Kier alpha value is -2.94. The molecule has 0 aliphatic carbocycles. The Morgan fingerprint density at radius 2 is 1.83 bits per heavy atom. The summed E-state index contributed by atoms with van der Waals surface area (Å²) in [5, 5.41) is 0. The Balaban J connectivity index is 1.67. The van der Waals surface area contributed by atoms with Crippen LogP contribution < -0.4 is 4.90 Å². The van der Waals surface area contributed by atoms with E-state index in [1.807, 2.05) is 42.6 Å². The van der Waals surface area contributed by atoms with E-state index < -0.39 is 24.9 Å². The van der Waals surface area contributed by atoms with Crippen LogP contribution in [0.5, 0.6) is 0 Å². The molecule has 2 aromatic rings. The fraction of sp³-hybridized carbons (Fsp3) is 0.500. The van der Waals surface area contributed by atoms with Crippen molar-refractivity contribution in [1.29, 1.82) is 0 Å². The average Bonchev–Trinajstić information content (AvgIpc) is 3.17. The summed E-state index contributed by atoms with van der Waals surface area (Å²) in [4.78, 5) is 35.5. The highest BCUT2D eigenvalue weighted by molar-refractivity contribution is 5.92. The number of benzene rings is 1. The van der Waals surface area contributed by atoms with Gasteiger partial charge in [-0.25, -0.2) is 0 Å². The van der Waals surface area contributed by atoms with E-state index in [1.54, 1.807) is 16.0 Å². The molecule has 2 aliphatic heterocycles. The van der Waals surface area contributed by atoms with Gasteiger partial charge in [-0.15, -0.1) is 0 Å². The summed E-state index contributed by atoms with van der Waals surface area (Å²) >= 11 is 0. The van der Waals surface area contributed by atoms with Crippen LogP contribution in [-0.2, 0) is 22.7 Å². The predicted molar refractivity (Wildman–Crippen MR) is 126 cm³/mol. The molecule has 4 rings (SSSR count). The topological polar surface area (TPSA) is 56.8 Å². The average molecular weight is 489 g/mol. The zero-order chi connectivity index (χ0) is 25.0. The van der Waals surface area contributed by atoms with Gasteiger partial charge in [-0.1, -0.05) is 24.3 Å². The monoisotopic (exact) mass is 488 g/mol. The molecule has 1 saturated heterocycles. The van der Waals surface area contributed by atoms with Gasteiger partial charge >= 0.3 is 6.18 Å². The van der Waals surface area contributed by atoms with Crippen LogP contribution in [0.15, 0.2) is 48.8 Å². The number of fused-ring (bicyclic) bond motifs is 3. The van der Waals surface area contributed by atoms with E-state index in [-0.39, 0.29) is 24.5 Å². The standard InChI is InChI=1S/C26H31F3N4O2/c1-19(34)32-14-11-22-8-9-23(33(22)16-20-5-4-13-30-15-20)18-31(25(35)10-12-26(27,28)29)17-21-6-2-3-7-24(21)32/h2-7,13,15,22-23H,8-12,14,16-18H2,1H3. The fourth-order valence-electron chi connectivity index (χ4n) is 5.24. The molecule has 2 unspecified atom stereocenters. The van der Waals surface area contributed by atoms with Crippen molar-refractivity contribution >= 4 is 17.5 Å². The third-order valence-electron chi connectivity index (χ3n) is 6.97. The zero-order valence-electron chi connectivity index (χ0n) is 19.9. The first kappa shape index (κ1) is 25.2. The molecule has 1 fully saturated rings. The summed E-state index contributed by atoms with van der Waals surface area (Å²) in [6, 6.07) is 11.5. The highest BCUT2D eigenvalue weighted by Gasteiger charge is 2.37. The van der Waals surface area contributed by atoms with E-state index >= 15 is 0 Å². The van der Waals surface area contributed by atoms with Crippen molar-refractivity contribution in [3.63, 3.8) is 0 Å². The van der Waals surface area contributed by atoms with Gasteiger partial charge in [0.05, 0.1) is 6.42 Å². The van der Waals surface area contributed by atoms with Crippen molar-refractivity contribution in [2.24, 2.45) is 0 Å². The third-order valence-corrected chi connectivity index (χ3v) is 6.97. The number of nitrogens with zero attached hydrogens (tertiary/aromatic N) is 4. The first-order valence-corrected chi connectivity index (χ1v) is 12.1. The van der Waals surface area contributed by atoms with Crippen LogP contribution in [-0.4, -0.2) is 57.9 Å². The Labute approximate surface area is 203 Å². The van der Waals surface area contributed by atoms with E-state index in [1.165, 1.54) is 6.92 Å². The first-order chi connectivity index (χ1) is 16.7. The molecule has 2 amide bonds. The molecular formula is C26H31F3N4O2. The molecule has 1 aromatic carbocycles. The van der Waals surface area contributed by atoms with Gasteiger partial charge in [-0.3, -0.25) is 19.5 Å². The fourth-order valence-corrected chi connectivity index (χ4v) is 5.24. The van der Waals surface area contributed by atoms with Gasteiger partial charge in [0.1, 0.15) is 0 Å². The summed E-state index contributed by atoms with van der Waals surface area (Å²) in [7, 11) is 0. The van der Waals surface area contributed by atoms with Crippen LogP contribution in [0.25, 0.3) is 0 Å². The van der Waals surface area contributed by atoms with Gasteiger partial charge in [-0.05, 0) is 42.5 Å². The Bertz CT molecular complexity index is 1030. The molecule has 3 heterocycles. The second kappa shape index (κ2) is 10.8. The molecule has 0 N–H and O–H groups in total. The SMILES string of the molecule is CC(=O)N1CCC2CCC(CN(C(=O)CCC(F)(F)F)Cc3ccccc31)N2Cc1cccnc1. The number of hydrogen-bond acceptors (Lipinski definition) is 4. The summed E-state index contributed by atoms with van der Waals surface area (Å²) in [5.41, 5.74) is 2.52. The number of anilines is 1. The summed E-state index contributed by atoms with van der Waals surface area (Å²) in [5.74, 6) is -0.615. The Morgan fingerprint density at radius 1 is 1.06 bits per heavy atom. The smallest absolute Gasteiger partial charge is 0.337 e. The van der Waals surface area contributed by atoms with E-state index in [4.69, 9.17) is 0 Å². The van der Waals surface area contributed by atoms with Gasteiger partial charge in [0.2, 0.25) is 11.8 Å². The number of amides is 2. The molecule has 2 aliphatic rings. The molecule has 0 radical (unpaired) electrons. The van der Waals surface area contributed by atoms with Crippen LogP contribution in [0.3, 0.4) is 0 Å². The van der Waals surface area contributed by atoms with E-state index in [2.05, 4.69) is 9.88 Å². The molecule has 188 valence electrons. The van der Waals surface area contributed by atoms with Crippen LogP contribution in [0.4, 0.5) is 18.9 Å². The molecule has 2 bridgehead atoms. The van der Waals surface area contributed by atoms with Gasteiger partial charge in [0.15, 0.2) is 0 Å². The number of rotatable bonds is 4. The highest BCUT2D eigenvalue weighted by Crippen LogP contribution is 2.33. The van der Waals surface area contributed by atoms with Gasteiger partial charge in [0, 0.05) is 69.7 Å². The van der Waals surface area contributed by atoms with Crippen LogP contribution >= 0.6 is 0 Å². The second-order valence-corrected chi connectivity index (χ2v) is 9.40. The number of carbonyl (C=O) groups is 2. The Kier molecular flexibility index (Phi) is 7.74. The lowest BCUT2D eigenvalue weighted by Crippen LogP contribution is -2.45.